The van der Waals surface area contributed by atoms with E-state index in [2.05, 4.69) is 15.0 Å². The van der Waals surface area contributed by atoms with E-state index in [1.807, 2.05) is 0 Å². The van der Waals surface area contributed by atoms with Gasteiger partial charge < -0.3 is 30.8 Å². The third-order valence-corrected chi connectivity index (χ3v) is 3.99. The summed E-state index contributed by atoms with van der Waals surface area (Å²) in [5.41, 5.74) is 3.80. The van der Waals surface area contributed by atoms with Gasteiger partial charge in [0.2, 0.25) is 5.95 Å². The quantitative estimate of drug-likeness (QED) is 0.452. The van der Waals surface area contributed by atoms with Crippen LogP contribution in [-0.2, 0) is 4.74 Å². The number of nitrogen functional groups attached to an aromatic ring is 1. The monoisotopic (exact) mass is 331 g/mol. The molecule has 1 saturated heterocycles. The van der Waals surface area contributed by atoms with Crippen LogP contribution in [0.25, 0.3) is 11.2 Å². The molecular weight excluding hydrogens is 317 g/mol. The molecule has 120 valence electrons. The van der Waals surface area contributed by atoms with Crippen LogP contribution in [0.1, 0.15) is 6.23 Å². The van der Waals surface area contributed by atoms with Crippen LogP contribution < -0.4 is 5.73 Å². The first-order chi connectivity index (χ1) is 10.4. The molecule has 1 fully saturated rings. The molecule has 0 saturated carbocycles. The molecule has 0 aromatic carbocycles. The van der Waals surface area contributed by atoms with E-state index in [0.29, 0.717) is 0 Å². The SMILES string of the molecule is Nc1nc2c(ncn2[C@@H]2O[C@H](CO)C(O)[C@]2(O)CF)c(=S)[nH]1. The standard InChI is InChI=1S/C11H14FN5O4S/c12-2-11(20)6(19)4(1-18)21-9(11)17-3-14-5-7(17)15-10(13)16-8(5)22/h3-4,6,9,18-20H,1-2H2,(H3,13,15,16,22)/t4-,6?,9-,11-/m1/s1. The van der Waals surface area contributed by atoms with Crippen molar-refractivity contribution in [3.63, 3.8) is 0 Å². The summed E-state index contributed by atoms with van der Waals surface area (Å²) in [6, 6.07) is 0. The number of anilines is 1. The summed E-state index contributed by atoms with van der Waals surface area (Å²) in [6.45, 7) is -1.87. The Morgan fingerprint density at radius 3 is 2.95 bits per heavy atom. The number of hydrogen-bond acceptors (Lipinski definition) is 8. The summed E-state index contributed by atoms with van der Waals surface area (Å²) >= 11 is 5.07. The second-order valence-corrected chi connectivity index (χ2v) is 5.46. The number of fused-ring (bicyclic) bond motifs is 1. The number of halogens is 1. The molecule has 0 amide bonds. The lowest BCUT2D eigenvalue weighted by Gasteiger charge is -2.28. The van der Waals surface area contributed by atoms with E-state index in [1.54, 1.807) is 0 Å². The Balaban J connectivity index is 2.16. The predicted molar refractivity (Wildman–Crippen MR) is 75.1 cm³/mol. The number of imidazole rings is 1. The number of ether oxygens (including phenoxy) is 1. The molecule has 3 rings (SSSR count). The van der Waals surface area contributed by atoms with E-state index in [-0.39, 0.29) is 21.8 Å². The van der Waals surface area contributed by atoms with Gasteiger partial charge in [0.15, 0.2) is 17.5 Å². The van der Waals surface area contributed by atoms with Crippen molar-refractivity contribution in [3.05, 3.63) is 11.0 Å². The molecule has 0 aliphatic carbocycles. The summed E-state index contributed by atoms with van der Waals surface area (Å²) in [6.07, 6.45) is -2.84. The average molecular weight is 331 g/mol. The molecule has 9 nitrogen and oxygen atoms in total. The number of nitrogens with zero attached hydrogens (tertiary/aromatic N) is 3. The van der Waals surface area contributed by atoms with Crippen LogP contribution >= 0.6 is 12.2 Å². The Bertz CT molecular complexity index is 767. The topological polar surface area (TPSA) is 142 Å². The summed E-state index contributed by atoms with van der Waals surface area (Å²) in [7, 11) is 0. The van der Waals surface area contributed by atoms with E-state index in [1.165, 1.54) is 10.9 Å². The van der Waals surface area contributed by atoms with Gasteiger partial charge in [0, 0.05) is 0 Å². The minimum Gasteiger partial charge on any atom is -0.394 e. The number of alkyl halides is 1. The van der Waals surface area contributed by atoms with E-state index >= 15 is 0 Å². The Morgan fingerprint density at radius 1 is 1.59 bits per heavy atom. The lowest BCUT2D eigenvalue weighted by atomic mass is 9.95. The first kappa shape index (κ1) is 15.2. The first-order valence-corrected chi connectivity index (χ1v) is 6.78. The minimum atomic E-state index is -2.25. The van der Waals surface area contributed by atoms with Gasteiger partial charge in [-0.2, -0.15) is 4.98 Å². The van der Waals surface area contributed by atoms with E-state index < -0.39 is 37.3 Å². The average Bonchev–Trinajstić information content (AvgIpc) is 3.00. The largest absolute Gasteiger partial charge is 0.394 e. The highest BCUT2D eigenvalue weighted by atomic mass is 32.1. The highest BCUT2D eigenvalue weighted by Crippen LogP contribution is 2.40. The Hall–Kier alpha value is -1.66. The van der Waals surface area contributed by atoms with Crippen LogP contribution in [-0.4, -0.2) is 65.9 Å². The summed E-state index contributed by atoms with van der Waals surface area (Å²) < 4.78 is 20.2. The van der Waals surface area contributed by atoms with Gasteiger partial charge in [0.25, 0.3) is 0 Å². The van der Waals surface area contributed by atoms with Crippen molar-refractivity contribution >= 4 is 29.3 Å². The van der Waals surface area contributed by atoms with Gasteiger partial charge in [0.05, 0.1) is 12.9 Å². The molecule has 4 atom stereocenters. The third-order valence-electron chi connectivity index (χ3n) is 3.69. The zero-order valence-corrected chi connectivity index (χ0v) is 12.0. The van der Waals surface area contributed by atoms with Crippen molar-refractivity contribution in [1.82, 2.24) is 19.5 Å². The number of rotatable bonds is 3. The molecule has 2 aromatic heterocycles. The van der Waals surface area contributed by atoms with Crippen LogP contribution in [0.5, 0.6) is 0 Å². The van der Waals surface area contributed by atoms with Crippen molar-refractivity contribution in [2.75, 3.05) is 19.0 Å². The molecule has 0 radical (unpaired) electrons. The second kappa shape index (κ2) is 5.21. The molecule has 1 aliphatic rings. The van der Waals surface area contributed by atoms with Crippen LogP contribution in [0.3, 0.4) is 0 Å². The molecule has 3 heterocycles. The number of aromatic amines is 1. The maximum atomic E-state index is 13.4. The Kier molecular flexibility index (Phi) is 3.61. The predicted octanol–water partition coefficient (Wildman–Crippen LogP) is -0.978. The number of nitrogens with two attached hydrogens (primary N) is 1. The lowest BCUT2D eigenvalue weighted by Crippen LogP contribution is -2.48. The zero-order chi connectivity index (χ0) is 16.1. The van der Waals surface area contributed by atoms with Gasteiger partial charge in [-0.3, -0.25) is 4.57 Å². The third kappa shape index (κ3) is 2.01. The first-order valence-electron chi connectivity index (χ1n) is 6.37. The number of aliphatic hydroxyl groups is 3. The lowest BCUT2D eigenvalue weighted by molar-refractivity contribution is -0.118. The van der Waals surface area contributed by atoms with Crippen molar-refractivity contribution < 1.29 is 24.4 Å². The molecule has 1 unspecified atom stereocenters. The fraction of sp³-hybridized carbons (Fsp3) is 0.545. The van der Waals surface area contributed by atoms with Crippen molar-refractivity contribution in [2.24, 2.45) is 0 Å². The van der Waals surface area contributed by atoms with Crippen molar-refractivity contribution in [3.8, 4) is 0 Å². The van der Waals surface area contributed by atoms with Crippen LogP contribution in [0, 0.1) is 4.64 Å². The van der Waals surface area contributed by atoms with E-state index in [4.69, 9.17) is 22.7 Å². The molecule has 0 bridgehead atoms. The molecule has 2 aromatic rings. The van der Waals surface area contributed by atoms with Crippen molar-refractivity contribution in [1.29, 1.82) is 0 Å². The van der Waals surface area contributed by atoms with Crippen LogP contribution in [0.4, 0.5) is 10.3 Å². The van der Waals surface area contributed by atoms with E-state index in [9.17, 15) is 19.7 Å². The Labute approximate surface area is 128 Å². The Morgan fingerprint density at radius 2 is 2.32 bits per heavy atom. The summed E-state index contributed by atoms with van der Waals surface area (Å²) in [5.74, 6) is 0.0142. The number of nitrogens with one attached hydrogen (secondary N) is 1. The maximum absolute atomic E-state index is 13.4. The van der Waals surface area contributed by atoms with E-state index in [0.717, 1.165) is 0 Å². The molecular formula is C11H14FN5O4S. The smallest absolute Gasteiger partial charge is 0.200 e. The van der Waals surface area contributed by atoms with Crippen LogP contribution in [0.2, 0.25) is 0 Å². The van der Waals surface area contributed by atoms with Gasteiger partial charge in [-0.05, 0) is 0 Å². The molecule has 0 spiro atoms. The van der Waals surface area contributed by atoms with Crippen LogP contribution in [0.15, 0.2) is 6.33 Å². The molecule has 6 N–H and O–H groups in total. The molecule has 22 heavy (non-hydrogen) atoms. The summed E-state index contributed by atoms with van der Waals surface area (Å²) in [4.78, 5) is 10.7. The zero-order valence-electron chi connectivity index (χ0n) is 11.2. The highest BCUT2D eigenvalue weighted by Gasteiger charge is 2.56. The van der Waals surface area contributed by atoms with Gasteiger partial charge in [-0.1, -0.05) is 12.2 Å². The molecule has 11 heteroatoms. The highest BCUT2D eigenvalue weighted by molar-refractivity contribution is 7.71. The fourth-order valence-corrected chi connectivity index (χ4v) is 2.78. The van der Waals surface area contributed by atoms with Gasteiger partial charge >= 0.3 is 0 Å². The minimum absolute atomic E-state index is 0.0142. The second-order valence-electron chi connectivity index (χ2n) is 5.05. The fourth-order valence-electron chi connectivity index (χ4n) is 2.53. The van der Waals surface area contributed by atoms with Gasteiger partial charge in [-0.15, -0.1) is 0 Å². The van der Waals surface area contributed by atoms with Gasteiger partial charge in [0.1, 0.15) is 29.0 Å². The van der Waals surface area contributed by atoms with Gasteiger partial charge in [-0.25, -0.2) is 9.37 Å². The number of aromatic nitrogens is 4. The number of H-pyrrole nitrogens is 1. The van der Waals surface area contributed by atoms with Crippen molar-refractivity contribution in [2.45, 2.75) is 24.0 Å². The maximum Gasteiger partial charge on any atom is 0.200 e. The summed E-state index contributed by atoms with van der Waals surface area (Å²) in [5, 5.41) is 29.6. The molecule has 1 aliphatic heterocycles. The normalized spacial score (nSPS) is 31.9. The number of aliphatic hydroxyl groups excluding tert-OH is 2. The number of hydrogen-bond donors (Lipinski definition) is 5.